The van der Waals surface area contributed by atoms with Gasteiger partial charge in [0.1, 0.15) is 0 Å². The molecule has 7 nitrogen and oxygen atoms in total. The van der Waals surface area contributed by atoms with E-state index in [9.17, 15) is 0 Å². The summed E-state index contributed by atoms with van der Waals surface area (Å²) in [6, 6.07) is 0.269. The molecular weight excluding hydrogens is 244 g/mol. The first kappa shape index (κ1) is 15.4. The smallest absolute Gasteiger partial charge is 0.323 e. The predicted molar refractivity (Wildman–Crippen MR) is 76.0 cm³/mol. The third-order valence-electron chi connectivity index (χ3n) is 2.79. The van der Waals surface area contributed by atoms with E-state index < -0.39 is 0 Å². The van der Waals surface area contributed by atoms with Crippen molar-refractivity contribution >= 4 is 11.9 Å². The van der Waals surface area contributed by atoms with Gasteiger partial charge in [-0.05, 0) is 19.8 Å². The predicted octanol–water partition coefficient (Wildman–Crippen LogP) is 1.79. The number of ether oxygens (including phenoxy) is 1. The summed E-state index contributed by atoms with van der Waals surface area (Å²) in [5.74, 6) is 6.71. The molecule has 0 unspecified atom stereocenters. The molecule has 19 heavy (non-hydrogen) atoms. The van der Waals surface area contributed by atoms with E-state index in [-0.39, 0.29) is 18.1 Å². The van der Waals surface area contributed by atoms with E-state index in [1.165, 1.54) is 0 Å². The van der Waals surface area contributed by atoms with Crippen LogP contribution in [0.1, 0.15) is 40.5 Å². The number of nitrogens with one attached hydrogen (secondary N) is 2. The maximum atomic E-state index is 5.46. The Hall–Kier alpha value is -1.63. The molecule has 0 spiro atoms. The normalized spacial score (nSPS) is 10.9. The standard InChI is InChI=1S/C12H24N6O/c1-5-9(6-2)7-14-10-15-11(18-13)17-12(16-10)19-8(3)4/h8-9H,5-7,13H2,1-4H3,(H2,14,15,16,17,18). The Morgan fingerprint density at radius 3 is 2.26 bits per heavy atom. The van der Waals surface area contributed by atoms with Crippen LogP contribution in [0.2, 0.25) is 0 Å². The van der Waals surface area contributed by atoms with E-state index in [0.717, 1.165) is 19.4 Å². The highest BCUT2D eigenvalue weighted by Crippen LogP contribution is 2.13. The van der Waals surface area contributed by atoms with Crippen molar-refractivity contribution < 1.29 is 4.74 Å². The van der Waals surface area contributed by atoms with Gasteiger partial charge in [0, 0.05) is 6.54 Å². The van der Waals surface area contributed by atoms with E-state index in [1.807, 2.05) is 13.8 Å². The lowest BCUT2D eigenvalue weighted by Crippen LogP contribution is -2.18. The van der Waals surface area contributed by atoms with E-state index in [1.54, 1.807) is 0 Å². The zero-order valence-electron chi connectivity index (χ0n) is 12.1. The van der Waals surface area contributed by atoms with Crippen molar-refractivity contribution in [3.63, 3.8) is 0 Å². The summed E-state index contributed by atoms with van der Waals surface area (Å²) >= 11 is 0. The Balaban J connectivity index is 2.75. The molecule has 1 rings (SSSR count). The lowest BCUT2D eigenvalue weighted by atomic mass is 10.0. The van der Waals surface area contributed by atoms with E-state index in [4.69, 9.17) is 10.6 Å². The minimum atomic E-state index is -0.0000865. The fourth-order valence-corrected chi connectivity index (χ4v) is 1.58. The van der Waals surface area contributed by atoms with Gasteiger partial charge in [-0.1, -0.05) is 26.7 Å². The number of nitrogen functional groups attached to an aromatic ring is 1. The Morgan fingerprint density at radius 2 is 1.74 bits per heavy atom. The summed E-state index contributed by atoms with van der Waals surface area (Å²) < 4.78 is 5.46. The van der Waals surface area contributed by atoms with Gasteiger partial charge in [0.2, 0.25) is 11.9 Å². The molecule has 1 aromatic heterocycles. The molecule has 108 valence electrons. The van der Waals surface area contributed by atoms with E-state index in [0.29, 0.717) is 11.9 Å². The Kier molecular flexibility index (Phi) is 6.27. The highest BCUT2D eigenvalue weighted by molar-refractivity contribution is 5.34. The van der Waals surface area contributed by atoms with Gasteiger partial charge < -0.3 is 10.1 Å². The van der Waals surface area contributed by atoms with Crippen LogP contribution in [0.4, 0.5) is 11.9 Å². The maximum absolute atomic E-state index is 5.46. The van der Waals surface area contributed by atoms with Crippen LogP contribution >= 0.6 is 0 Å². The molecule has 0 saturated heterocycles. The summed E-state index contributed by atoms with van der Waals surface area (Å²) in [6.07, 6.45) is 2.23. The first-order chi connectivity index (χ1) is 9.08. The fraction of sp³-hybridized carbons (Fsp3) is 0.750. The number of anilines is 2. The average Bonchev–Trinajstić information content (AvgIpc) is 2.38. The maximum Gasteiger partial charge on any atom is 0.323 e. The zero-order valence-corrected chi connectivity index (χ0v) is 12.1. The van der Waals surface area contributed by atoms with Gasteiger partial charge >= 0.3 is 6.01 Å². The first-order valence-corrected chi connectivity index (χ1v) is 6.72. The van der Waals surface area contributed by atoms with Crippen LogP contribution in [0.25, 0.3) is 0 Å². The molecule has 1 aromatic rings. The highest BCUT2D eigenvalue weighted by Gasteiger charge is 2.10. The van der Waals surface area contributed by atoms with Crippen LogP contribution in [-0.4, -0.2) is 27.6 Å². The van der Waals surface area contributed by atoms with Crippen LogP contribution < -0.4 is 21.3 Å². The summed E-state index contributed by atoms with van der Waals surface area (Å²) in [4.78, 5) is 12.4. The molecule has 0 fully saturated rings. The van der Waals surface area contributed by atoms with Crippen LogP contribution in [0.3, 0.4) is 0 Å². The lowest BCUT2D eigenvalue weighted by molar-refractivity contribution is 0.222. The van der Waals surface area contributed by atoms with Gasteiger partial charge in [0.15, 0.2) is 0 Å². The van der Waals surface area contributed by atoms with Gasteiger partial charge in [0.25, 0.3) is 0 Å². The van der Waals surface area contributed by atoms with Crippen molar-refractivity contribution in [1.82, 2.24) is 15.0 Å². The Morgan fingerprint density at radius 1 is 1.11 bits per heavy atom. The van der Waals surface area contributed by atoms with Crippen LogP contribution in [-0.2, 0) is 0 Å². The fourth-order valence-electron chi connectivity index (χ4n) is 1.58. The van der Waals surface area contributed by atoms with Crippen molar-refractivity contribution in [2.75, 3.05) is 17.3 Å². The molecule has 0 aliphatic rings. The number of hydrazine groups is 1. The van der Waals surface area contributed by atoms with Gasteiger partial charge in [-0.2, -0.15) is 15.0 Å². The molecule has 4 N–H and O–H groups in total. The number of aromatic nitrogens is 3. The van der Waals surface area contributed by atoms with Crippen LogP contribution in [0.15, 0.2) is 0 Å². The zero-order chi connectivity index (χ0) is 14.3. The van der Waals surface area contributed by atoms with Gasteiger partial charge in [-0.15, -0.1) is 0 Å². The third kappa shape index (κ3) is 5.25. The molecule has 0 saturated carbocycles. The third-order valence-corrected chi connectivity index (χ3v) is 2.79. The first-order valence-electron chi connectivity index (χ1n) is 6.72. The second-order valence-corrected chi connectivity index (χ2v) is 4.64. The number of nitrogens with two attached hydrogens (primary N) is 1. The minimum Gasteiger partial charge on any atom is -0.461 e. The van der Waals surface area contributed by atoms with Crippen molar-refractivity contribution in [2.24, 2.45) is 11.8 Å². The molecular formula is C12H24N6O. The number of nitrogens with zero attached hydrogens (tertiary/aromatic N) is 3. The van der Waals surface area contributed by atoms with Crippen molar-refractivity contribution in [3.8, 4) is 6.01 Å². The second kappa shape index (κ2) is 7.73. The SMILES string of the molecule is CCC(CC)CNc1nc(NN)nc(OC(C)C)n1. The van der Waals surface area contributed by atoms with Crippen molar-refractivity contribution in [1.29, 1.82) is 0 Å². The molecule has 1 heterocycles. The molecule has 0 aliphatic heterocycles. The van der Waals surface area contributed by atoms with E-state index in [2.05, 4.69) is 39.5 Å². The van der Waals surface area contributed by atoms with Crippen LogP contribution in [0, 0.1) is 5.92 Å². The highest BCUT2D eigenvalue weighted by atomic mass is 16.5. The molecule has 0 radical (unpaired) electrons. The molecule has 0 bridgehead atoms. The van der Waals surface area contributed by atoms with Crippen molar-refractivity contribution in [3.05, 3.63) is 0 Å². The van der Waals surface area contributed by atoms with Gasteiger partial charge in [0.05, 0.1) is 6.10 Å². The average molecular weight is 268 g/mol. The number of hydrogen-bond donors (Lipinski definition) is 3. The molecule has 7 heteroatoms. The minimum absolute atomic E-state index is 0.0000865. The molecule has 0 aromatic carbocycles. The molecule has 0 aliphatic carbocycles. The van der Waals surface area contributed by atoms with E-state index >= 15 is 0 Å². The summed E-state index contributed by atoms with van der Waals surface area (Å²) in [6.45, 7) is 8.99. The quantitative estimate of drug-likeness (QED) is 0.488. The number of rotatable bonds is 8. The molecule has 0 atom stereocenters. The topological polar surface area (TPSA) is 98.0 Å². The van der Waals surface area contributed by atoms with Gasteiger partial charge in [-0.25, -0.2) is 5.84 Å². The summed E-state index contributed by atoms with van der Waals surface area (Å²) in [5.41, 5.74) is 2.41. The Bertz CT molecular complexity index is 380. The number of hydrogen-bond acceptors (Lipinski definition) is 7. The monoisotopic (exact) mass is 268 g/mol. The summed E-state index contributed by atoms with van der Waals surface area (Å²) in [5, 5.41) is 3.20. The summed E-state index contributed by atoms with van der Waals surface area (Å²) in [7, 11) is 0. The lowest BCUT2D eigenvalue weighted by Gasteiger charge is -2.14. The largest absolute Gasteiger partial charge is 0.461 e. The van der Waals surface area contributed by atoms with Crippen LogP contribution in [0.5, 0.6) is 6.01 Å². The Labute approximate surface area is 114 Å². The molecule has 0 amide bonds. The van der Waals surface area contributed by atoms with Gasteiger partial charge in [-0.3, -0.25) is 5.43 Å². The second-order valence-electron chi connectivity index (χ2n) is 4.64. The van der Waals surface area contributed by atoms with Crippen molar-refractivity contribution in [2.45, 2.75) is 46.6 Å².